The van der Waals surface area contributed by atoms with Gasteiger partial charge >= 0.3 is 0 Å². The Hall–Kier alpha value is -1.63. The van der Waals surface area contributed by atoms with E-state index in [-0.39, 0.29) is 13.0 Å². The molecule has 160 valence electrons. The Morgan fingerprint density at radius 3 is 2.57 bits per heavy atom. The number of fused-ring (bicyclic) bond motifs is 1. The summed E-state index contributed by atoms with van der Waals surface area (Å²) >= 11 is 6.71. The fourth-order valence-corrected chi connectivity index (χ4v) is 4.96. The summed E-state index contributed by atoms with van der Waals surface area (Å²) < 4.78 is 11.8. The van der Waals surface area contributed by atoms with E-state index < -0.39 is 24.4 Å². The van der Waals surface area contributed by atoms with Crippen LogP contribution in [0.4, 0.5) is 0 Å². The van der Waals surface area contributed by atoms with Crippen molar-refractivity contribution >= 4 is 11.6 Å². The minimum atomic E-state index is -1.07. The first-order valence-electron chi connectivity index (χ1n) is 10.7. The van der Waals surface area contributed by atoms with E-state index in [0.717, 1.165) is 28.2 Å². The largest absolute Gasteiger partial charge is 0.491 e. The van der Waals surface area contributed by atoms with Gasteiger partial charge in [-0.05, 0) is 47.4 Å². The van der Waals surface area contributed by atoms with E-state index in [0.29, 0.717) is 30.2 Å². The average molecular weight is 431 g/mol. The fourth-order valence-electron chi connectivity index (χ4n) is 4.67. The molecule has 0 amide bonds. The van der Waals surface area contributed by atoms with Gasteiger partial charge in [0.25, 0.3) is 0 Å². The van der Waals surface area contributed by atoms with Gasteiger partial charge in [0.15, 0.2) is 0 Å². The molecule has 1 saturated carbocycles. The van der Waals surface area contributed by atoms with Crippen molar-refractivity contribution in [1.82, 2.24) is 0 Å². The maximum Gasteiger partial charge on any atom is 0.141 e. The summed E-state index contributed by atoms with van der Waals surface area (Å²) in [5, 5.41) is 31.1. The molecule has 5 nitrogen and oxygen atoms in total. The number of hydrogen-bond donors (Lipinski definition) is 3. The maximum atomic E-state index is 10.6. The Kier molecular flexibility index (Phi) is 5.50. The van der Waals surface area contributed by atoms with Crippen LogP contribution in [0.1, 0.15) is 59.1 Å². The molecule has 3 aliphatic rings. The lowest BCUT2D eigenvalue weighted by Crippen LogP contribution is -2.44. The van der Waals surface area contributed by atoms with Crippen LogP contribution in [-0.2, 0) is 17.6 Å². The van der Waals surface area contributed by atoms with Crippen LogP contribution in [0.5, 0.6) is 5.75 Å². The highest BCUT2D eigenvalue weighted by Crippen LogP contribution is 2.45. The number of halogens is 1. The van der Waals surface area contributed by atoms with Crippen LogP contribution >= 0.6 is 11.6 Å². The quantitative estimate of drug-likeness (QED) is 0.678. The van der Waals surface area contributed by atoms with Gasteiger partial charge in [0.1, 0.15) is 18.0 Å². The fraction of sp³-hybridized carbons (Fsp3) is 0.500. The Morgan fingerprint density at radius 1 is 1.10 bits per heavy atom. The molecule has 2 aromatic rings. The van der Waals surface area contributed by atoms with Crippen LogP contribution in [0.15, 0.2) is 30.3 Å². The van der Waals surface area contributed by atoms with E-state index >= 15 is 0 Å². The lowest BCUT2D eigenvalue weighted by molar-refractivity contribution is -0.179. The SMILES string of the molecule is OC[C@@H]1C[C@H](O)[C@@H](O)C(c2cc(Cc3ccc(C4CC4)cc3)c(Cl)c3c2CCO3)O1. The highest BCUT2D eigenvalue weighted by atomic mass is 35.5. The molecule has 0 aromatic heterocycles. The molecule has 2 aliphatic heterocycles. The first-order chi connectivity index (χ1) is 14.5. The molecule has 2 heterocycles. The number of ether oxygens (including phenoxy) is 2. The van der Waals surface area contributed by atoms with E-state index in [1.807, 2.05) is 6.07 Å². The zero-order valence-corrected chi connectivity index (χ0v) is 17.5. The minimum absolute atomic E-state index is 0.202. The van der Waals surface area contributed by atoms with Crippen molar-refractivity contribution in [1.29, 1.82) is 0 Å². The lowest BCUT2D eigenvalue weighted by atomic mass is 9.88. The minimum Gasteiger partial charge on any atom is -0.491 e. The second kappa shape index (κ2) is 8.13. The smallest absolute Gasteiger partial charge is 0.141 e. The molecule has 1 saturated heterocycles. The molecule has 5 rings (SSSR count). The van der Waals surface area contributed by atoms with Crippen molar-refractivity contribution in [3.8, 4) is 5.75 Å². The van der Waals surface area contributed by atoms with Gasteiger partial charge in [-0.3, -0.25) is 0 Å². The molecular formula is C24H27ClO5. The molecule has 3 N–H and O–H groups in total. The summed E-state index contributed by atoms with van der Waals surface area (Å²) in [5.74, 6) is 1.37. The van der Waals surface area contributed by atoms with Gasteiger partial charge in [0, 0.05) is 18.4 Å². The zero-order chi connectivity index (χ0) is 20.8. The van der Waals surface area contributed by atoms with Crippen LogP contribution in [0.25, 0.3) is 0 Å². The van der Waals surface area contributed by atoms with Gasteiger partial charge in [0.2, 0.25) is 0 Å². The van der Waals surface area contributed by atoms with E-state index in [4.69, 9.17) is 21.1 Å². The molecule has 6 heteroatoms. The number of rotatable bonds is 5. The zero-order valence-electron chi connectivity index (χ0n) is 16.8. The molecule has 0 spiro atoms. The van der Waals surface area contributed by atoms with E-state index in [1.165, 1.54) is 18.4 Å². The van der Waals surface area contributed by atoms with Crippen molar-refractivity contribution < 1.29 is 24.8 Å². The standard InChI is InChI=1S/C24H27ClO5/c25-21-16(9-13-1-3-14(4-2-13)15-5-6-15)10-19(18-7-8-29-23(18)21)24-22(28)20(27)11-17(12-26)30-24/h1-4,10,15,17,20,22,24,26-28H,5-9,11-12H2/t17-,20-,22+,24?/m0/s1. The third kappa shape index (κ3) is 3.74. The average Bonchev–Trinajstić information content (AvgIpc) is 3.49. The molecule has 0 radical (unpaired) electrons. The van der Waals surface area contributed by atoms with Crippen LogP contribution in [-0.4, -0.2) is 46.8 Å². The van der Waals surface area contributed by atoms with Gasteiger partial charge in [-0.25, -0.2) is 0 Å². The Bertz CT molecular complexity index is 924. The Balaban J connectivity index is 1.49. The number of hydrogen-bond acceptors (Lipinski definition) is 5. The highest BCUT2D eigenvalue weighted by molar-refractivity contribution is 6.33. The number of benzene rings is 2. The normalized spacial score (nSPS) is 28.3. The molecule has 0 bridgehead atoms. The van der Waals surface area contributed by atoms with E-state index in [9.17, 15) is 15.3 Å². The Morgan fingerprint density at radius 2 is 1.87 bits per heavy atom. The van der Waals surface area contributed by atoms with Gasteiger partial charge in [-0.15, -0.1) is 0 Å². The predicted molar refractivity (Wildman–Crippen MR) is 113 cm³/mol. The monoisotopic (exact) mass is 430 g/mol. The van der Waals surface area contributed by atoms with Crippen molar-refractivity contribution in [3.63, 3.8) is 0 Å². The first kappa shape index (κ1) is 20.3. The summed E-state index contributed by atoms with van der Waals surface area (Å²) in [6.07, 6.45) is 0.825. The second-order valence-corrected chi connectivity index (χ2v) is 9.07. The van der Waals surface area contributed by atoms with E-state index in [2.05, 4.69) is 24.3 Å². The summed E-state index contributed by atoms with van der Waals surface area (Å²) in [6.45, 7) is 0.323. The molecule has 2 aromatic carbocycles. The second-order valence-electron chi connectivity index (χ2n) is 8.69. The van der Waals surface area contributed by atoms with Gasteiger partial charge in [-0.1, -0.05) is 41.9 Å². The third-order valence-corrected chi connectivity index (χ3v) is 6.93. The van der Waals surface area contributed by atoms with E-state index in [1.54, 1.807) is 0 Å². The number of aliphatic hydroxyl groups excluding tert-OH is 3. The van der Waals surface area contributed by atoms with Crippen LogP contribution in [0.2, 0.25) is 5.02 Å². The topological polar surface area (TPSA) is 79.2 Å². The summed E-state index contributed by atoms with van der Waals surface area (Å²) in [4.78, 5) is 0. The summed E-state index contributed by atoms with van der Waals surface area (Å²) in [7, 11) is 0. The van der Waals surface area contributed by atoms with Crippen LogP contribution in [0, 0.1) is 0 Å². The molecule has 1 unspecified atom stereocenters. The molecule has 30 heavy (non-hydrogen) atoms. The maximum absolute atomic E-state index is 10.6. The van der Waals surface area contributed by atoms with Crippen LogP contribution < -0.4 is 4.74 Å². The summed E-state index contributed by atoms with van der Waals surface area (Å²) in [5.41, 5.74) is 5.17. The third-order valence-electron chi connectivity index (χ3n) is 6.51. The first-order valence-corrected chi connectivity index (χ1v) is 11.1. The van der Waals surface area contributed by atoms with Gasteiger partial charge in [0.05, 0.1) is 30.4 Å². The summed E-state index contributed by atoms with van der Waals surface area (Å²) in [6, 6.07) is 10.7. The molecule has 1 aliphatic carbocycles. The van der Waals surface area contributed by atoms with Crippen molar-refractivity contribution in [2.45, 2.75) is 62.4 Å². The lowest BCUT2D eigenvalue weighted by Gasteiger charge is -2.37. The van der Waals surface area contributed by atoms with Crippen molar-refractivity contribution in [2.24, 2.45) is 0 Å². The van der Waals surface area contributed by atoms with Gasteiger partial charge in [-0.2, -0.15) is 0 Å². The molecule has 4 atom stereocenters. The van der Waals surface area contributed by atoms with Gasteiger partial charge < -0.3 is 24.8 Å². The number of aliphatic hydroxyl groups is 3. The molecular weight excluding hydrogens is 404 g/mol. The molecule has 2 fully saturated rings. The highest BCUT2D eigenvalue weighted by Gasteiger charge is 2.40. The predicted octanol–water partition coefficient (Wildman–Crippen LogP) is 3.29. The van der Waals surface area contributed by atoms with Crippen LogP contribution in [0.3, 0.4) is 0 Å². The van der Waals surface area contributed by atoms with Crippen molar-refractivity contribution in [2.75, 3.05) is 13.2 Å². The Labute approximate surface area is 181 Å². The van der Waals surface area contributed by atoms with Crippen molar-refractivity contribution in [3.05, 3.63) is 63.2 Å².